The van der Waals surface area contributed by atoms with Crippen molar-refractivity contribution in [2.45, 2.75) is 19.4 Å². The molecule has 0 aliphatic heterocycles. The van der Waals surface area contributed by atoms with Crippen molar-refractivity contribution in [3.05, 3.63) is 29.6 Å². The fourth-order valence-corrected chi connectivity index (χ4v) is 1.47. The third-order valence-corrected chi connectivity index (χ3v) is 2.58. The summed E-state index contributed by atoms with van der Waals surface area (Å²) in [5.41, 5.74) is 0.581. The second kappa shape index (κ2) is 7.70. The number of aryl methyl sites for hydroxylation is 1. The molecule has 0 unspecified atom stereocenters. The van der Waals surface area contributed by atoms with Gasteiger partial charge in [0.05, 0.1) is 19.3 Å². The molecule has 3 N–H and O–H groups in total. The molecule has 0 radical (unpaired) electrons. The Balaban J connectivity index is 2.48. The van der Waals surface area contributed by atoms with Crippen LogP contribution in [-0.4, -0.2) is 42.0 Å². The Bertz CT molecular complexity index is 421. The van der Waals surface area contributed by atoms with Gasteiger partial charge in [0.25, 0.3) is 5.91 Å². The van der Waals surface area contributed by atoms with Crippen molar-refractivity contribution in [2.24, 2.45) is 0 Å². The van der Waals surface area contributed by atoms with E-state index in [4.69, 9.17) is 14.9 Å². The van der Waals surface area contributed by atoms with E-state index in [-0.39, 0.29) is 31.4 Å². The highest BCUT2D eigenvalue weighted by molar-refractivity contribution is 5.77. The van der Waals surface area contributed by atoms with Crippen LogP contribution in [-0.2, 0) is 11.2 Å². The normalized spacial score (nSPS) is 10.6. The monoisotopic (exact) mass is 271 g/mol. The van der Waals surface area contributed by atoms with Gasteiger partial charge < -0.3 is 20.3 Å². The highest BCUT2D eigenvalue weighted by Gasteiger charge is 2.11. The number of aliphatic hydroxyl groups excluding tert-OH is 2. The van der Waals surface area contributed by atoms with Crippen molar-refractivity contribution in [3.63, 3.8) is 0 Å². The molecule has 0 fully saturated rings. The molecular weight excluding hydrogens is 253 g/mol. The van der Waals surface area contributed by atoms with Crippen LogP contribution in [0.1, 0.15) is 12.5 Å². The molecule has 0 spiro atoms. The summed E-state index contributed by atoms with van der Waals surface area (Å²) < 4.78 is 18.6. The number of nitrogens with one attached hydrogen (secondary N) is 1. The van der Waals surface area contributed by atoms with E-state index in [2.05, 4.69) is 5.32 Å². The Labute approximate surface area is 111 Å². The van der Waals surface area contributed by atoms with Gasteiger partial charge in [-0.05, 0) is 18.1 Å². The number of halogens is 1. The van der Waals surface area contributed by atoms with Crippen molar-refractivity contribution >= 4 is 5.91 Å². The van der Waals surface area contributed by atoms with Gasteiger partial charge in [-0.3, -0.25) is 4.79 Å². The standard InChI is InChI=1S/C13H18FNO4/c1-2-9-3-4-11(5-12(9)14)19-8-13(18)15-10(6-16)7-17/h3-5,10,16-17H,2,6-8H2,1H3,(H,15,18). The Kier molecular flexibility index (Phi) is 6.24. The number of hydrogen-bond acceptors (Lipinski definition) is 4. The van der Waals surface area contributed by atoms with E-state index < -0.39 is 11.9 Å². The predicted octanol–water partition coefficient (Wildman–Crippen LogP) is 0.236. The van der Waals surface area contributed by atoms with E-state index in [0.29, 0.717) is 12.0 Å². The molecule has 0 atom stereocenters. The van der Waals surface area contributed by atoms with E-state index in [9.17, 15) is 9.18 Å². The maximum atomic E-state index is 13.4. The quantitative estimate of drug-likeness (QED) is 0.663. The fourth-order valence-electron chi connectivity index (χ4n) is 1.47. The largest absolute Gasteiger partial charge is 0.484 e. The van der Waals surface area contributed by atoms with Gasteiger partial charge in [0.15, 0.2) is 6.61 Å². The predicted molar refractivity (Wildman–Crippen MR) is 67.4 cm³/mol. The molecule has 1 amide bonds. The Morgan fingerprint density at radius 2 is 2.11 bits per heavy atom. The zero-order chi connectivity index (χ0) is 14.3. The zero-order valence-electron chi connectivity index (χ0n) is 10.7. The number of amides is 1. The highest BCUT2D eigenvalue weighted by atomic mass is 19.1. The van der Waals surface area contributed by atoms with E-state index in [0.717, 1.165) is 0 Å². The number of benzene rings is 1. The molecule has 0 saturated carbocycles. The molecule has 1 rings (SSSR count). The number of carbonyl (C=O) groups is 1. The number of aliphatic hydroxyl groups is 2. The van der Waals surface area contributed by atoms with Crippen LogP contribution in [0.4, 0.5) is 4.39 Å². The molecule has 0 aliphatic carbocycles. The van der Waals surface area contributed by atoms with Crippen molar-refractivity contribution in [2.75, 3.05) is 19.8 Å². The minimum atomic E-state index is -0.713. The van der Waals surface area contributed by atoms with E-state index in [1.54, 1.807) is 12.1 Å². The van der Waals surface area contributed by atoms with Gasteiger partial charge in [-0.1, -0.05) is 13.0 Å². The maximum absolute atomic E-state index is 13.4. The second-order valence-electron chi connectivity index (χ2n) is 4.03. The summed E-state index contributed by atoms with van der Waals surface area (Å²) in [6.45, 7) is 0.821. The third kappa shape index (κ3) is 4.84. The summed E-state index contributed by atoms with van der Waals surface area (Å²) in [6, 6.07) is 3.70. The Morgan fingerprint density at radius 1 is 1.42 bits per heavy atom. The molecule has 6 heteroatoms. The van der Waals surface area contributed by atoms with Gasteiger partial charge in [-0.2, -0.15) is 0 Å². The Hall–Kier alpha value is -1.66. The molecular formula is C13H18FNO4. The summed E-state index contributed by atoms with van der Waals surface area (Å²) >= 11 is 0. The molecule has 1 aromatic rings. The summed E-state index contributed by atoms with van der Waals surface area (Å²) in [4.78, 5) is 11.4. The summed E-state index contributed by atoms with van der Waals surface area (Å²) in [5.74, 6) is -0.605. The minimum Gasteiger partial charge on any atom is -0.484 e. The van der Waals surface area contributed by atoms with Crippen LogP contribution in [0.3, 0.4) is 0 Å². The first-order chi connectivity index (χ1) is 9.10. The lowest BCUT2D eigenvalue weighted by Crippen LogP contribution is -2.42. The van der Waals surface area contributed by atoms with Gasteiger partial charge in [0.2, 0.25) is 0 Å². The molecule has 106 valence electrons. The molecule has 0 saturated heterocycles. The van der Waals surface area contributed by atoms with Crippen LogP contribution >= 0.6 is 0 Å². The molecule has 5 nitrogen and oxygen atoms in total. The third-order valence-electron chi connectivity index (χ3n) is 2.58. The molecule has 0 bridgehead atoms. The average Bonchev–Trinajstić information content (AvgIpc) is 2.42. The van der Waals surface area contributed by atoms with Gasteiger partial charge in [-0.15, -0.1) is 0 Å². The van der Waals surface area contributed by atoms with Gasteiger partial charge in [-0.25, -0.2) is 4.39 Å². The molecule has 19 heavy (non-hydrogen) atoms. The average molecular weight is 271 g/mol. The van der Waals surface area contributed by atoms with Crippen LogP contribution in [0.5, 0.6) is 5.75 Å². The van der Waals surface area contributed by atoms with Crippen LogP contribution in [0.2, 0.25) is 0 Å². The van der Waals surface area contributed by atoms with Crippen molar-refractivity contribution < 1.29 is 24.1 Å². The smallest absolute Gasteiger partial charge is 0.258 e. The van der Waals surface area contributed by atoms with Gasteiger partial charge in [0, 0.05) is 6.07 Å². The lowest BCUT2D eigenvalue weighted by atomic mass is 10.1. The van der Waals surface area contributed by atoms with Crippen molar-refractivity contribution in [3.8, 4) is 5.75 Å². The molecule has 0 aromatic heterocycles. The van der Waals surface area contributed by atoms with Gasteiger partial charge in [0.1, 0.15) is 11.6 Å². The summed E-state index contributed by atoms with van der Waals surface area (Å²) in [5, 5.41) is 19.9. The number of rotatable bonds is 7. The SMILES string of the molecule is CCc1ccc(OCC(=O)NC(CO)CO)cc1F. The number of ether oxygens (including phenoxy) is 1. The fraction of sp³-hybridized carbons (Fsp3) is 0.462. The molecule has 1 aromatic carbocycles. The lowest BCUT2D eigenvalue weighted by Gasteiger charge is -2.13. The van der Waals surface area contributed by atoms with E-state index in [1.807, 2.05) is 6.92 Å². The lowest BCUT2D eigenvalue weighted by molar-refractivity contribution is -0.124. The van der Waals surface area contributed by atoms with Crippen molar-refractivity contribution in [1.82, 2.24) is 5.32 Å². The zero-order valence-corrected chi connectivity index (χ0v) is 10.7. The van der Waals surface area contributed by atoms with Gasteiger partial charge >= 0.3 is 0 Å². The van der Waals surface area contributed by atoms with Crippen LogP contribution in [0, 0.1) is 5.82 Å². The van der Waals surface area contributed by atoms with Crippen LogP contribution < -0.4 is 10.1 Å². The summed E-state index contributed by atoms with van der Waals surface area (Å²) in [6.07, 6.45) is 0.585. The topological polar surface area (TPSA) is 78.8 Å². The summed E-state index contributed by atoms with van der Waals surface area (Å²) in [7, 11) is 0. The molecule has 0 aliphatic rings. The number of hydrogen-bond donors (Lipinski definition) is 3. The Morgan fingerprint density at radius 3 is 2.63 bits per heavy atom. The highest BCUT2D eigenvalue weighted by Crippen LogP contribution is 2.16. The van der Waals surface area contributed by atoms with Crippen LogP contribution in [0.15, 0.2) is 18.2 Å². The molecule has 0 heterocycles. The number of carbonyl (C=O) groups excluding carboxylic acids is 1. The first kappa shape index (κ1) is 15.4. The first-order valence-electron chi connectivity index (χ1n) is 6.03. The maximum Gasteiger partial charge on any atom is 0.258 e. The minimum absolute atomic E-state index is 0.259. The second-order valence-corrected chi connectivity index (χ2v) is 4.03. The van der Waals surface area contributed by atoms with E-state index in [1.165, 1.54) is 6.07 Å². The van der Waals surface area contributed by atoms with Crippen LogP contribution in [0.25, 0.3) is 0 Å². The van der Waals surface area contributed by atoms with Crippen molar-refractivity contribution in [1.29, 1.82) is 0 Å². The van der Waals surface area contributed by atoms with E-state index >= 15 is 0 Å². The first-order valence-corrected chi connectivity index (χ1v) is 6.03.